The number of pyridine rings is 1. The Labute approximate surface area is 166 Å². The van der Waals surface area contributed by atoms with Gasteiger partial charge in [0.1, 0.15) is 11.4 Å². The van der Waals surface area contributed by atoms with Crippen molar-refractivity contribution in [2.45, 2.75) is 33.2 Å². The van der Waals surface area contributed by atoms with E-state index in [0.717, 1.165) is 22.4 Å². The van der Waals surface area contributed by atoms with Gasteiger partial charge in [-0.1, -0.05) is 60.7 Å². The van der Waals surface area contributed by atoms with Crippen molar-refractivity contribution in [2.24, 2.45) is 0 Å². The van der Waals surface area contributed by atoms with Gasteiger partial charge >= 0.3 is 5.97 Å². The second-order valence-electron chi connectivity index (χ2n) is 7.61. The Balaban J connectivity index is 2.29. The molecule has 0 atom stereocenters. The van der Waals surface area contributed by atoms with Crippen molar-refractivity contribution in [2.75, 3.05) is 11.9 Å². The highest BCUT2D eigenvalue weighted by Gasteiger charge is 2.24. The van der Waals surface area contributed by atoms with Crippen molar-refractivity contribution in [3.8, 4) is 22.4 Å². The fourth-order valence-corrected chi connectivity index (χ4v) is 3.00. The van der Waals surface area contributed by atoms with Gasteiger partial charge in [0.15, 0.2) is 0 Å². The summed E-state index contributed by atoms with van der Waals surface area (Å²) in [5.74, 6) is 0.159. The van der Waals surface area contributed by atoms with Gasteiger partial charge in [0.2, 0.25) is 0 Å². The van der Waals surface area contributed by atoms with Gasteiger partial charge in [-0.2, -0.15) is 0 Å². The third kappa shape index (κ3) is 4.58. The molecule has 1 aromatic heterocycles. The van der Waals surface area contributed by atoms with E-state index in [1.807, 2.05) is 94.4 Å². The number of nitrogens with one attached hydrogen (secondary N) is 1. The number of esters is 1. The van der Waals surface area contributed by atoms with Crippen LogP contribution in [0.2, 0.25) is 0 Å². The zero-order chi connectivity index (χ0) is 20.1. The summed E-state index contributed by atoms with van der Waals surface area (Å²) in [6.07, 6.45) is 0. The average molecular weight is 374 g/mol. The van der Waals surface area contributed by atoms with Crippen LogP contribution in [0.25, 0.3) is 22.4 Å². The standard InChI is InChI=1S/C24H26N2O2/c1-5-28-23(27)21-19(17-12-8-6-9-13-17)16-20(18-14-10-7-11-15-18)25-22(21)26-24(2,3)4/h6-16H,5H2,1-4H3,(H,25,26). The molecule has 144 valence electrons. The number of hydrogen-bond acceptors (Lipinski definition) is 4. The Morgan fingerprint density at radius 1 is 0.964 bits per heavy atom. The molecule has 0 radical (unpaired) electrons. The number of nitrogens with zero attached hydrogens (tertiary/aromatic N) is 1. The quantitative estimate of drug-likeness (QED) is 0.573. The van der Waals surface area contributed by atoms with Crippen LogP contribution in [0.3, 0.4) is 0 Å². The molecule has 28 heavy (non-hydrogen) atoms. The molecular formula is C24H26N2O2. The van der Waals surface area contributed by atoms with Gasteiger partial charge in [0.05, 0.1) is 12.3 Å². The highest BCUT2D eigenvalue weighted by molar-refractivity contribution is 6.03. The third-order valence-electron chi connectivity index (χ3n) is 4.15. The number of benzene rings is 2. The van der Waals surface area contributed by atoms with Crippen LogP contribution in [-0.2, 0) is 4.74 Å². The van der Waals surface area contributed by atoms with Crippen molar-refractivity contribution in [3.05, 3.63) is 72.3 Å². The Morgan fingerprint density at radius 3 is 2.07 bits per heavy atom. The fraction of sp³-hybridized carbons (Fsp3) is 0.250. The van der Waals surface area contributed by atoms with Crippen LogP contribution < -0.4 is 5.32 Å². The van der Waals surface area contributed by atoms with Crippen LogP contribution in [0, 0.1) is 0 Å². The van der Waals surface area contributed by atoms with Gasteiger partial charge in [0.25, 0.3) is 0 Å². The first-order valence-electron chi connectivity index (χ1n) is 9.50. The van der Waals surface area contributed by atoms with Crippen LogP contribution in [0.15, 0.2) is 66.7 Å². The lowest BCUT2D eigenvalue weighted by atomic mass is 9.97. The van der Waals surface area contributed by atoms with Gasteiger partial charge in [-0.3, -0.25) is 0 Å². The van der Waals surface area contributed by atoms with Gasteiger partial charge in [0, 0.05) is 16.7 Å². The van der Waals surface area contributed by atoms with Crippen molar-refractivity contribution in [1.29, 1.82) is 0 Å². The number of carbonyl (C=O) groups excluding carboxylic acids is 1. The zero-order valence-electron chi connectivity index (χ0n) is 16.8. The van der Waals surface area contributed by atoms with Crippen LogP contribution >= 0.6 is 0 Å². The topological polar surface area (TPSA) is 51.2 Å². The maximum atomic E-state index is 12.9. The van der Waals surface area contributed by atoms with Gasteiger partial charge in [-0.15, -0.1) is 0 Å². The van der Waals surface area contributed by atoms with E-state index >= 15 is 0 Å². The Morgan fingerprint density at radius 2 is 1.54 bits per heavy atom. The highest BCUT2D eigenvalue weighted by atomic mass is 16.5. The monoisotopic (exact) mass is 374 g/mol. The summed E-state index contributed by atoms with van der Waals surface area (Å²) in [6.45, 7) is 8.24. The molecule has 3 aromatic rings. The predicted molar refractivity (Wildman–Crippen MR) is 114 cm³/mol. The molecule has 0 unspecified atom stereocenters. The molecule has 0 bridgehead atoms. The third-order valence-corrected chi connectivity index (χ3v) is 4.15. The fourth-order valence-electron chi connectivity index (χ4n) is 3.00. The molecule has 2 aromatic carbocycles. The lowest BCUT2D eigenvalue weighted by Gasteiger charge is -2.25. The van der Waals surface area contributed by atoms with Crippen molar-refractivity contribution < 1.29 is 9.53 Å². The van der Waals surface area contributed by atoms with Crippen molar-refractivity contribution >= 4 is 11.8 Å². The molecule has 0 saturated carbocycles. The molecule has 4 nitrogen and oxygen atoms in total. The molecule has 0 aliphatic rings. The first kappa shape index (κ1) is 19.6. The number of ether oxygens (including phenoxy) is 1. The number of carbonyl (C=O) groups is 1. The van der Waals surface area contributed by atoms with E-state index in [-0.39, 0.29) is 11.5 Å². The summed E-state index contributed by atoms with van der Waals surface area (Å²) in [7, 11) is 0. The van der Waals surface area contributed by atoms with E-state index < -0.39 is 0 Å². The molecule has 4 heteroatoms. The minimum Gasteiger partial charge on any atom is -0.462 e. The minimum absolute atomic E-state index is 0.266. The van der Waals surface area contributed by atoms with E-state index in [1.165, 1.54) is 0 Å². The van der Waals surface area contributed by atoms with Crippen molar-refractivity contribution in [3.63, 3.8) is 0 Å². The van der Waals surface area contributed by atoms with E-state index in [0.29, 0.717) is 18.0 Å². The zero-order valence-corrected chi connectivity index (χ0v) is 16.8. The lowest BCUT2D eigenvalue weighted by Crippen LogP contribution is -2.28. The molecule has 0 amide bonds. The Hall–Kier alpha value is -3.14. The summed E-state index contributed by atoms with van der Waals surface area (Å²) in [5, 5.41) is 3.40. The second kappa shape index (κ2) is 8.26. The van der Waals surface area contributed by atoms with E-state index in [9.17, 15) is 4.79 Å². The minimum atomic E-state index is -0.375. The Kier molecular flexibility index (Phi) is 5.78. The highest BCUT2D eigenvalue weighted by Crippen LogP contribution is 2.34. The largest absolute Gasteiger partial charge is 0.462 e. The smallest absolute Gasteiger partial charge is 0.342 e. The molecule has 1 heterocycles. The first-order chi connectivity index (χ1) is 13.4. The second-order valence-corrected chi connectivity index (χ2v) is 7.61. The molecule has 3 rings (SSSR count). The van der Waals surface area contributed by atoms with Crippen LogP contribution in [-0.4, -0.2) is 23.1 Å². The average Bonchev–Trinajstić information content (AvgIpc) is 2.67. The number of hydrogen-bond donors (Lipinski definition) is 1. The van der Waals surface area contributed by atoms with Crippen LogP contribution in [0.1, 0.15) is 38.1 Å². The molecule has 0 fully saturated rings. The Bertz CT molecular complexity index is 946. The SMILES string of the molecule is CCOC(=O)c1c(-c2ccccc2)cc(-c2ccccc2)nc1NC(C)(C)C. The molecular weight excluding hydrogens is 348 g/mol. The van der Waals surface area contributed by atoms with Crippen molar-refractivity contribution in [1.82, 2.24) is 4.98 Å². The maximum absolute atomic E-state index is 12.9. The summed E-state index contributed by atoms with van der Waals surface area (Å²) in [5.41, 5.74) is 3.74. The summed E-state index contributed by atoms with van der Waals surface area (Å²) < 4.78 is 5.37. The summed E-state index contributed by atoms with van der Waals surface area (Å²) in [4.78, 5) is 17.7. The molecule has 1 N–H and O–H groups in total. The molecule has 0 spiro atoms. The summed E-state index contributed by atoms with van der Waals surface area (Å²) >= 11 is 0. The van der Waals surface area contributed by atoms with E-state index in [2.05, 4.69) is 5.32 Å². The van der Waals surface area contributed by atoms with Crippen LogP contribution in [0.5, 0.6) is 0 Å². The van der Waals surface area contributed by atoms with E-state index in [4.69, 9.17) is 9.72 Å². The van der Waals surface area contributed by atoms with Gasteiger partial charge in [-0.25, -0.2) is 9.78 Å². The van der Waals surface area contributed by atoms with E-state index in [1.54, 1.807) is 0 Å². The maximum Gasteiger partial charge on any atom is 0.342 e. The predicted octanol–water partition coefficient (Wildman–Crippen LogP) is 5.80. The first-order valence-corrected chi connectivity index (χ1v) is 9.50. The van der Waals surface area contributed by atoms with Crippen LogP contribution in [0.4, 0.5) is 5.82 Å². The van der Waals surface area contributed by atoms with Gasteiger partial charge < -0.3 is 10.1 Å². The normalized spacial score (nSPS) is 11.1. The number of aromatic nitrogens is 1. The summed E-state index contributed by atoms with van der Waals surface area (Å²) in [6, 6.07) is 21.8. The lowest BCUT2D eigenvalue weighted by molar-refractivity contribution is 0.0528. The number of rotatable bonds is 5. The molecule has 0 aliphatic carbocycles. The molecule has 0 aliphatic heterocycles. The number of anilines is 1. The van der Waals surface area contributed by atoms with Gasteiger partial charge in [-0.05, 0) is 39.3 Å². The molecule has 0 saturated heterocycles.